The van der Waals surface area contributed by atoms with Gasteiger partial charge >= 0.3 is 5.97 Å². The van der Waals surface area contributed by atoms with Crippen LogP contribution in [0, 0.1) is 0 Å². The number of carboxylic acids is 1. The molecule has 1 unspecified atom stereocenters. The topological polar surface area (TPSA) is 74.7 Å². The van der Waals surface area contributed by atoms with Gasteiger partial charge in [-0.2, -0.15) is 0 Å². The van der Waals surface area contributed by atoms with Gasteiger partial charge in [-0.15, -0.1) is 0 Å². The van der Waals surface area contributed by atoms with E-state index in [4.69, 9.17) is 5.11 Å². The Balaban J connectivity index is 2.07. The number of sulfone groups is 1. The average Bonchev–Trinajstić information content (AvgIpc) is 2.67. The quantitative estimate of drug-likeness (QED) is 0.825. The van der Waals surface area contributed by atoms with E-state index in [9.17, 15) is 13.2 Å². The molecule has 1 N–H and O–H groups in total. The Kier molecular flexibility index (Phi) is 4.27. The molecule has 0 bridgehead atoms. The molecule has 0 amide bonds. The van der Waals surface area contributed by atoms with E-state index in [1.165, 1.54) is 6.42 Å². The highest BCUT2D eigenvalue weighted by Crippen LogP contribution is 2.27. The highest BCUT2D eigenvalue weighted by molar-refractivity contribution is 7.91. The standard InChI is InChI=1S/C12H21NO4S/c14-12(15)8-13(10-4-2-1-3-5-10)11-6-7-18(16,17)9-11/h10-11H,1-9H2,(H,14,15). The van der Waals surface area contributed by atoms with Crippen LogP contribution in [0.15, 0.2) is 0 Å². The molecule has 1 saturated heterocycles. The molecule has 2 rings (SSSR count). The Labute approximate surface area is 108 Å². The monoisotopic (exact) mass is 275 g/mol. The third-order valence-electron chi connectivity index (χ3n) is 4.04. The molecule has 1 atom stereocenters. The maximum Gasteiger partial charge on any atom is 0.317 e. The lowest BCUT2D eigenvalue weighted by atomic mass is 9.93. The van der Waals surface area contributed by atoms with E-state index in [0.29, 0.717) is 6.42 Å². The summed E-state index contributed by atoms with van der Waals surface area (Å²) in [6, 6.07) is 0.169. The lowest BCUT2D eigenvalue weighted by molar-refractivity contribution is -0.139. The van der Waals surface area contributed by atoms with Crippen LogP contribution in [0.3, 0.4) is 0 Å². The fraction of sp³-hybridized carbons (Fsp3) is 0.917. The van der Waals surface area contributed by atoms with Crippen molar-refractivity contribution in [1.29, 1.82) is 0 Å². The molecule has 5 nitrogen and oxygen atoms in total. The Morgan fingerprint density at radius 1 is 1.11 bits per heavy atom. The van der Waals surface area contributed by atoms with E-state index < -0.39 is 15.8 Å². The lowest BCUT2D eigenvalue weighted by Crippen LogP contribution is -2.47. The number of carbonyl (C=O) groups is 1. The van der Waals surface area contributed by atoms with Crippen molar-refractivity contribution in [3.63, 3.8) is 0 Å². The van der Waals surface area contributed by atoms with Crippen LogP contribution in [0.4, 0.5) is 0 Å². The molecule has 1 aliphatic heterocycles. The van der Waals surface area contributed by atoms with Crippen molar-refractivity contribution >= 4 is 15.8 Å². The van der Waals surface area contributed by atoms with Gasteiger partial charge in [-0.25, -0.2) is 8.42 Å². The molecule has 1 heterocycles. The van der Waals surface area contributed by atoms with Crippen molar-refractivity contribution in [1.82, 2.24) is 4.90 Å². The first-order valence-corrected chi connectivity index (χ1v) is 8.48. The van der Waals surface area contributed by atoms with E-state index in [2.05, 4.69) is 0 Å². The van der Waals surface area contributed by atoms with E-state index >= 15 is 0 Å². The Bertz CT molecular complexity index is 400. The van der Waals surface area contributed by atoms with E-state index in [1.54, 1.807) is 0 Å². The third kappa shape index (κ3) is 3.45. The smallest absolute Gasteiger partial charge is 0.317 e. The first-order chi connectivity index (χ1) is 8.48. The van der Waals surface area contributed by atoms with Crippen LogP contribution in [0.5, 0.6) is 0 Å². The predicted octanol–water partition coefficient (Wildman–Crippen LogP) is 0.893. The minimum absolute atomic E-state index is 0.0230. The summed E-state index contributed by atoms with van der Waals surface area (Å²) in [5.74, 6) is -0.512. The molecular formula is C12H21NO4S. The number of nitrogens with zero attached hydrogens (tertiary/aromatic N) is 1. The van der Waals surface area contributed by atoms with E-state index in [-0.39, 0.29) is 30.1 Å². The van der Waals surface area contributed by atoms with Gasteiger partial charge in [-0.1, -0.05) is 19.3 Å². The van der Waals surface area contributed by atoms with Crippen molar-refractivity contribution in [2.75, 3.05) is 18.1 Å². The molecule has 2 aliphatic rings. The molecule has 1 aliphatic carbocycles. The first kappa shape index (κ1) is 13.8. The van der Waals surface area contributed by atoms with Gasteiger partial charge in [-0.05, 0) is 19.3 Å². The van der Waals surface area contributed by atoms with Gasteiger partial charge < -0.3 is 5.11 Å². The molecule has 0 aromatic rings. The molecule has 0 radical (unpaired) electrons. The molecule has 18 heavy (non-hydrogen) atoms. The van der Waals surface area contributed by atoms with Gasteiger partial charge in [-0.3, -0.25) is 9.69 Å². The zero-order chi connectivity index (χ0) is 13.2. The highest BCUT2D eigenvalue weighted by Gasteiger charge is 2.36. The van der Waals surface area contributed by atoms with Gasteiger partial charge in [0.1, 0.15) is 0 Å². The Morgan fingerprint density at radius 3 is 2.28 bits per heavy atom. The maximum atomic E-state index is 11.5. The van der Waals surface area contributed by atoms with Crippen molar-refractivity contribution in [3.8, 4) is 0 Å². The Hall–Kier alpha value is -0.620. The zero-order valence-corrected chi connectivity index (χ0v) is 11.4. The summed E-state index contributed by atoms with van der Waals surface area (Å²) >= 11 is 0. The predicted molar refractivity (Wildman–Crippen MR) is 68.3 cm³/mol. The molecular weight excluding hydrogens is 254 g/mol. The van der Waals surface area contributed by atoms with Gasteiger partial charge in [0.25, 0.3) is 0 Å². The molecule has 2 fully saturated rings. The average molecular weight is 275 g/mol. The SMILES string of the molecule is O=C(O)CN(C1CCCCC1)C1CCS(=O)(=O)C1. The summed E-state index contributed by atoms with van der Waals surface area (Å²) in [6.07, 6.45) is 6.06. The summed E-state index contributed by atoms with van der Waals surface area (Å²) in [5, 5.41) is 9.01. The van der Waals surface area contributed by atoms with Crippen LogP contribution >= 0.6 is 0 Å². The van der Waals surface area contributed by atoms with Crippen LogP contribution in [-0.4, -0.2) is 54.5 Å². The normalized spacial score (nSPS) is 28.6. The number of carboxylic acid groups (broad SMARTS) is 1. The second kappa shape index (κ2) is 5.57. The van der Waals surface area contributed by atoms with Crippen molar-refractivity contribution < 1.29 is 18.3 Å². The van der Waals surface area contributed by atoms with Gasteiger partial charge in [0, 0.05) is 12.1 Å². The number of hydrogen-bond donors (Lipinski definition) is 1. The van der Waals surface area contributed by atoms with Crippen LogP contribution in [0.1, 0.15) is 38.5 Å². The van der Waals surface area contributed by atoms with Gasteiger partial charge in [0.15, 0.2) is 9.84 Å². The van der Waals surface area contributed by atoms with Crippen LogP contribution in [-0.2, 0) is 14.6 Å². The zero-order valence-electron chi connectivity index (χ0n) is 10.5. The minimum atomic E-state index is -2.95. The number of hydrogen-bond acceptors (Lipinski definition) is 4. The van der Waals surface area contributed by atoms with Gasteiger partial charge in [0.05, 0.1) is 18.1 Å². The Morgan fingerprint density at radius 2 is 1.78 bits per heavy atom. The fourth-order valence-corrected chi connectivity index (χ4v) is 4.90. The number of aliphatic carboxylic acids is 1. The van der Waals surface area contributed by atoms with E-state index in [1.807, 2.05) is 4.90 Å². The molecule has 0 aromatic heterocycles. The van der Waals surface area contributed by atoms with Crippen LogP contribution in [0.25, 0.3) is 0 Å². The minimum Gasteiger partial charge on any atom is -0.480 e. The summed E-state index contributed by atoms with van der Waals surface area (Å²) in [5.41, 5.74) is 0. The number of rotatable bonds is 4. The van der Waals surface area contributed by atoms with Crippen LogP contribution in [0.2, 0.25) is 0 Å². The second-order valence-corrected chi connectivity index (χ2v) is 7.64. The molecule has 1 saturated carbocycles. The molecule has 0 spiro atoms. The van der Waals surface area contributed by atoms with Crippen molar-refractivity contribution in [2.24, 2.45) is 0 Å². The second-order valence-electron chi connectivity index (χ2n) is 5.41. The molecule has 6 heteroatoms. The third-order valence-corrected chi connectivity index (χ3v) is 5.79. The summed E-state index contributed by atoms with van der Waals surface area (Å²) in [6.45, 7) is -0.0230. The highest BCUT2D eigenvalue weighted by atomic mass is 32.2. The fourth-order valence-electron chi connectivity index (χ4n) is 3.16. The molecule has 0 aromatic carbocycles. The largest absolute Gasteiger partial charge is 0.480 e. The summed E-state index contributed by atoms with van der Waals surface area (Å²) in [4.78, 5) is 12.9. The lowest BCUT2D eigenvalue weighted by Gasteiger charge is -2.36. The maximum absolute atomic E-state index is 11.5. The van der Waals surface area contributed by atoms with Crippen molar-refractivity contribution in [3.05, 3.63) is 0 Å². The van der Waals surface area contributed by atoms with Gasteiger partial charge in [0.2, 0.25) is 0 Å². The molecule has 104 valence electrons. The summed E-state index contributed by atoms with van der Waals surface area (Å²) < 4.78 is 23.1. The van der Waals surface area contributed by atoms with Crippen LogP contribution < -0.4 is 0 Å². The first-order valence-electron chi connectivity index (χ1n) is 6.66. The van der Waals surface area contributed by atoms with Crippen molar-refractivity contribution in [2.45, 2.75) is 50.6 Å². The van der Waals surface area contributed by atoms with E-state index in [0.717, 1.165) is 25.7 Å². The summed E-state index contributed by atoms with van der Waals surface area (Å²) in [7, 11) is -2.95.